The highest BCUT2D eigenvalue weighted by molar-refractivity contribution is 7.99. The van der Waals surface area contributed by atoms with E-state index in [1.54, 1.807) is 11.8 Å². The highest BCUT2D eigenvalue weighted by atomic mass is 32.2. The average molecular weight is 153 g/mol. The predicted octanol–water partition coefficient (Wildman–Crippen LogP) is 2.00. The van der Waals surface area contributed by atoms with Gasteiger partial charge < -0.3 is 5.73 Å². The van der Waals surface area contributed by atoms with E-state index < -0.39 is 0 Å². The molecule has 0 spiro atoms. The van der Waals surface area contributed by atoms with Gasteiger partial charge in [0.25, 0.3) is 0 Å². The molecule has 1 aromatic carbocycles. The lowest BCUT2D eigenvalue weighted by Gasteiger charge is -1.96. The smallest absolute Gasteiger partial charge is 0.0440 e. The van der Waals surface area contributed by atoms with E-state index in [1.165, 1.54) is 10.5 Å². The molecular weight excluding hydrogens is 142 g/mol. The van der Waals surface area contributed by atoms with E-state index in [0.29, 0.717) is 5.88 Å². The van der Waals surface area contributed by atoms with Gasteiger partial charge in [0, 0.05) is 10.8 Å². The largest absolute Gasteiger partial charge is 0.322 e. The van der Waals surface area contributed by atoms with Gasteiger partial charge in [-0.2, -0.15) is 0 Å². The first-order valence-electron chi connectivity index (χ1n) is 3.22. The van der Waals surface area contributed by atoms with Crippen molar-refractivity contribution < 1.29 is 0 Å². The first kappa shape index (κ1) is 7.63. The van der Waals surface area contributed by atoms with E-state index in [4.69, 9.17) is 5.73 Å². The number of aryl methyl sites for hydroxylation is 1. The molecule has 0 heterocycles. The summed E-state index contributed by atoms with van der Waals surface area (Å²) in [4.78, 5) is 1.24. The molecule has 0 amide bonds. The standard InChI is InChI=1S/C8H11NS/c1-7-2-4-8(5-3-7)10-6-9/h2-5H,6,9H2,1H3. The molecule has 1 aromatic rings. The Balaban J connectivity index is 2.69. The highest BCUT2D eigenvalue weighted by Gasteiger charge is 1.88. The summed E-state index contributed by atoms with van der Waals surface area (Å²) in [6, 6.07) is 8.37. The van der Waals surface area contributed by atoms with Crippen LogP contribution in [0.1, 0.15) is 5.56 Å². The summed E-state index contributed by atoms with van der Waals surface area (Å²) in [5.41, 5.74) is 6.65. The van der Waals surface area contributed by atoms with Crippen LogP contribution in [0.4, 0.5) is 0 Å². The molecule has 0 aliphatic rings. The van der Waals surface area contributed by atoms with Crippen LogP contribution in [-0.4, -0.2) is 5.88 Å². The van der Waals surface area contributed by atoms with Gasteiger partial charge in [-0.15, -0.1) is 11.8 Å². The summed E-state index contributed by atoms with van der Waals surface area (Å²) in [6.07, 6.45) is 0. The normalized spacial score (nSPS) is 9.80. The van der Waals surface area contributed by atoms with Gasteiger partial charge >= 0.3 is 0 Å². The molecule has 0 aromatic heterocycles. The summed E-state index contributed by atoms with van der Waals surface area (Å²) in [6.45, 7) is 2.08. The van der Waals surface area contributed by atoms with Crippen LogP contribution in [0.15, 0.2) is 29.2 Å². The molecule has 10 heavy (non-hydrogen) atoms. The Bertz CT molecular complexity index is 193. The molecule has 0 bridgehead atoms. The SMILES string of the molecule is Cc1ccc(SCN)cc1. The second-order valence-electron chi connectivity index (χ2n) is 2.12. The van der Waals surface area contributed by atoms with E-state index in [9.17, 15) is 0 Å². The van der Waals surface area contributed by atoms with E-state index >= 15 is 0 Å². The fourth-order valence-electron chi connectivity index (χ4n) is 0.731. The number of thioether (sulfide) groups is 1. The van der Waals surface area contributed by atoms with Crippen LogP contribution in [0.3, 0.4) is 0 Å². The fourth-order valence-corrected chi connectivity index (χ4v) is 1.25. The van der Waals surface area contributed by atoms with Gasteiger partial charge in [0.05, 0.1) is 0 Å². The lowest BCUT2D eigenvalue weighted by molar-refractivity contribution is 1.34. The highest BCUT2D eigenvalue weighted by Crippen LogP contribution is 2.15. The molecule has 0 aliphatic heterocycles. The van der Waals surface area contributed by atoms with Crippen molar-refractivity contribution >= 4 is 11.8 Å². The zero-order chi connectivity index (χ0) is 7.40. The van der Waals surface area contributed by atoms with E-state index in [-0.39, 0.29) is 0 Å². The third kappa shape index (κ3) is 2.05. The maximum Gasteiger partial charge on any atom is 0.0440 e. The third-order valence-corrected chi connectivity index (χ3v) is 2.04. The molecule has 0 atom stereocenters. The first-order chi connectivity index (χ1) is 4.83. The van der Waals surface area contributed by atoms with Gasteiger partial charge in [-0.05, 0) is 19.1 Å². The van der Waals surface area contributed by atoms with Crippen molar-refractivity contribution in [1.82, 2.24) is 0 Å². The molecule has 1 rings (SSSR count). The van der Waals surface area contributed by atoms with Crippen molar-refractivity contribution in [2.75, 3.05) is 5.88 Å². The topological polar surface area (TPSA) is 26.0 Å². The van der Waals surface area contributed by atoms with Crippen molar-refractivity contribution in [3.8, 4) is 0 Å². The Morgan fingerprint density at radius 1 is 1.30 bits per heavy atom. The van der Waals surface area contributed by atoms with Crippen LogP contribution in [0.2, 0.25) is 0 Å². The maximum atomic E-state index is 5.36. The Hall–Kier alpha value is -0.470. The van der Waals surface area contributed by atoms with Crippen LogP contribution >= 0.6 is 11.8 Å². The Labute approximate surface area is 65.6 Å². The van der Waals surface area contributed by atoms with Gasteiger partial charge in [-0.1, -0.05) is 17.7 Å². The summed E-state index contributed by atoms with van der Waals surface area (Å²) >= 11 is 1.66. The van der Waals surface area contributed by atoms with Crippen molar-refractivity contribution in [3.63, 3.8) is 0 Å². The van der Waals surface area contributed by atoms with Crippen LogP contribution in [0, 0.1) is 6.92 Å². The molecule has 1 nitrogen and oxygen atoms in total. The number of hydrogen-bond acceptors (Lipinski definition) is 2. The van der Waals surface area contributed by atoms with E-state index in [1.807, 2.05) is 0 Å². The molecule has 0 fully saturated rings. The number of nitrogens with two attached hydrogens (primary N) is 1. The molecule has 2 heteroatoms. The first-order valence-corrected chi connectivity index (χ1v) is 4.21. The zero-order valence-electron chi connectivity index (χ0n) is 6.00. The van der Waals surface area contributed by atoms with Gasteiger partial charge in [0.15, 0.2) is 0 Å². The van der Waals surface area contributed by atoms with Crippen LogP contribution < -0.4 is 5.73 Å². The van der Waals surface area contributed by atoms with Crippen LogP contribution in [0.5, 0.6) is 0 Å². The minimum atomic E-state index is 0.656. The third-order valence-electron chi connectivity index (χ3n) is 1.27. The predicted molar refractivity (Wildman–Crippen MR) is 46.1 cm³/mol. The van der Waals surface area contributed by atoms with Crippen molar-refractivity contribution in [2.24, 2.45) is 5.73 Å². The molecule has 0 saturated heterocycles. The summed E-state index contributed by atoms with van der Waals surface area (Å²) in [7, 11) is 0. The van der Waals surface area contributed by atoms with E-state index in [2.05, 4.69) is 31.2 Å². The summed E-state index contributed by atoms with van der Waals surface area (Å²) in [5, 5.41) is 0. The van der Waals surface area contributed by atoms with Gasteiger partial charge in [-0.3, -0.25) is 0 Å². The number of benzene rings is 1. The Kier molecular flexibility index (Phi) is 2.78. The molecule has 2 N–H and O–H groups in total. The van der Waals surface area contributed by atoms with Crippen LogP contribution in [-0.2, 0) is 0 Å². The second kappa shape index (κ2) is 3.64. The minimum absolute atomic E-state index is 0.656. The summed E-state index contributed by atoms with van der Waals surface area (Å²) in [5.74, 6) is 0.656. The lowest BCUT2D eigenvalue weighted by Crippen LogP contribution is -1.91. The number of rotatable bonds is 2. The van der Waals surface area contributed by atoms with Crippen molar-refractivity contribution in [1.29, 1.82) is 0 Å². The Morgan fingerprint density at radius 2 is 1.90 bits per heavy atom. The molecule has 0 saturated carbocycles. The number of hydrogen-bond donors (Lipinski definition) is 1. The van der Waals surface area contributed by atoms with Gasteiger partial charge in [0.1, 0.15) is 0 Å². The monoisotopic (exact) mass is 153 g/mol. The Morgan fingerprint density at radius 3 is 2.40 bits per heavy atom. The lowest BCUT2D eigenvalue weighted by atomic mass is 10.2. The minimum Gasteiger partial charge on any atom is -0.322 e. The van der Waals surface area contributed by atoms with Crippen LogP contribution in [0.25, 0.3) is 0 Å². The van der Waals surface area contributed by atoms with Crippen molar-refractivity contribution in [2.45, 2.75) is 11.8 Å². The molecule has 0 aliphatic carbocycles. The maximum absolute atomic E-state index is 5.36. The molecule has 0 radical (unpaired) electrons. The summed E-state index contributed by atoms with van der Waals surface area (Å²) < 4.78 is 0. The van der Waals surface area contributed by atoms with Gasteiger partial charge in [-0.25, -0.2) is 0 Å². The fraction of sp³-hybridized carbons (Fsp3) is 0.250. The van der Waals surface area contributed by atoms with Crippen molar-refractivity contribution in [3.05, 3.63) is 29.8 Å². The molecule has 0 unspecified atom stereocenters. The van der Waals surface area contributed by atoms with Gasteiger partial charge in [0.2, 0.25) is 0 Å². The zero-order valence-corrected chi connectivity index (χ0v) is 6.82. The average Bonchev–Trinajstić information content (AvgIpc) is 1.95. The molecular formula is C8H11NS. The second-order valence-corrected chi connectivity index (χ2v) is 3.22. The molecule has 54 valence electrons. The van der Waals surface area contributed by atoms with E-state index in [0.717, 1.165) is 0 Å². The quantitative estimate of drug-likeness (QED) is 0.519.